The van der Waals surface area contributed by atoms with Crippen LogP contribution in [-0.2, 0) is 4.74 Å². The molecule has 0 unspecified atom stereocenters. The summed E-state index contributed by atoms with van der Waals surface area (Å²) in [5.74, 6) is 0. The van der Waals surface area contributed by atoms with Crippen molar-refractivity contribution < 1.29 is 14.3 Å². The summed E-state index contributed by atoms with van der Waals surface area (Å²) in [6.45, 7) is 0. The Morgan fingerprint density at radius 1 is 1.38 bits per heavy atom. The van der Waals surface area contributed by atoms with E-state index in [0.29, 0.717) is 10.7 Å². The third-order valence-electron chi connectivity index (χ3n) is 1.47. The van der Waals surface area contributed by atoms with Crippen LogP contribution >= 0.6 is 11.6 Å². The molecule has 0 aliphatic rings. The molecule has 1 rings (SSSR count). The maximum atomic E-state index is 11.1. The van der Waals surface area contributed by atoms with Crippen molar-refractivity contribution in [2.75, 3.05) is 12.4 Å². The smallest absolute Gasteiger partial charge is 0.450 e. The number of nitrogens with one attached hydrogen (secondary N) is 1. The lowest BCUT2D eigenvalue weighted by Crippen LogP contribution is -2.06. The van der Waals surface area contributed by atoms with E-state index in [1.165, 1.54) is 6.07 Å². The number of hydrogen-bond acceptors (Lipinski definition) is 3. The van der Waals surface area contributed by atoms with Gasteiger partial charge in [-0.25, -0.2) is 9.59 Å². The third kappa shape index (κ3) is 4.05. The van der Waals surface area contributed by atoms with Crippen LogP contribution in [0, 0.1) is 0 Å². The highest BCUT2D eigenvalue weighted by Gasteiger charge is 2.02. The number of nitrogens with zero attached hydrogens (tertiary/aromatic N) is 2. The first-order chi connectivity index (χ1) is 7.61. The van der Waals surface area contributed by atoms with E-state index in [2.05, 4.69) is 20.3 Å². The summed E-state index contributed by atoms with van der Waals surface area (Å²) < 4.78 is 4.17. The molecule has 1 N–H and O–H groups in total. The number of azo groups is 1. The van der Waals surface area contributed by atoms with Crippen molar-refractivity contribution in [1.29, 1.82) is 0 Å². The van der Waals surface area contributed by atoms with E-state index < -0.39 is 12.1 Å². The topological polar surface area (TPSA) is 80.1 Å². The van der Waals surface area contributed by atoms with E-state index in [4.69, 9.17) is 11.6 Å². The van der Waals surface area contributed by atoms with Crippen molar-refractivity contribution in [2.24, 2.45) is 10.2 Å². The first-order valence-corrected chi connectivity index (χ1v) is 4.56. The van der Waals surface area contributed by atoms with Gasteiger partial charge in [-0.05, 0) is 18.2 Å². The number of methoxy groups -OCH3 is 1. The monoisotopic (exact) mass is 241 g/mol. The van der Waals surface area contributed by atoms with E-state index >= 15 is 0 Å². The van der Waals surface area contributed by atoms with Crippen LogP contribution in [0.25, 0.3) is 0 Å². The first-order valence-electron chi connectivity index (χ1n) is 4.18. The van der Waals surface area contributed by atoms with Crippen molar-refractivity contribution in [3.8, 4) is 0 Å². The Balaban J connectivity index is 2.58. The van der Waals surface area contributed by atoms with Crippen LogP contribution in [0.3, 0.4) is 0 Å². The molecule has 0 atom stereocenters. The molecule has 3 amide bonds. The van der Waals surface area contributed by atoms with E-state index in [0.717, 1.165) is 7.11 Å². The number of amides is 3. The molecule has 0 fully saturated rings. The lowest BCUT2D eigenvalue weighted by Gasteiger charge is -2.00. The van der Waals surface area contributed by atoms with Crippen LogP contribution in [0.5, 0.6) is 0 Å². The van der Waals surface area contributed by atoms with Crippen molar-refractivity contribution in [1.82, 2.24) is 0 Å². The minimum atomic E-state index is -0.943. The van der Waals surface area contributed by atoms with Gasteiger partial charge in [-0.1, -0.05) is 27.9 Å². The molecule has 0 heterocycles. The van der Waals surface area contributed by atoms with Crippen LogP contribution < -0.4 is 5.32 Å². The Labute approximate surface area is 96.3 Å². The molecule has 0 saturated carbocycles. The van der Waals surface area contributed by atoms with Crippen molar-refractivity contribution >= 4 is 29.4 Å². The molecule has 0 bridgehead atoms. The SMILES string of the molecule is COC(=O)/N=N/C(=O)Nc1cccc(Cl)c1. The molecular formula is C9H8ClN3O3. The van der Waals surface area contributed by atoms with Gasteiger partial charge in [0.1, 0.15) is 0 Å². The normalized spacial score (nSPS) is 10.1. The standard InChI is InChI=1S/C9H8ClN3O3/c1-16-9(15)13-12-8(14)11-7-4-2-3-6(10)5-7/h2-5H,1H3,(H,11,14)/b13-12+. The fraction of sp³-hybridized carbons (Fsp3) is 0.111. The fourth-order valence-corrected chi connectivity index (χ4v) is 1.03. The second-order valence-electron chi connectivity index (χ2n) is 2.61. The molecule has 0 aromatic heterocycles. The maximum absolute atomic E-state index is 11.1. The third-order valence-corrected chi connectivity index (χ3v) is 1.71. The van der Waals surface area contributed by atoms with E-state index in [9.17, 15) is 9.59 Å². The summed E-state index contributed by atoms with van der Waals surface area (Å²) in [6, 6.07) is 5.69. The average molecular weight is 242 g/mol. The predicted octanol–water partition coefficient (Wildman–Crippen LogP) is 3.09. The zero-order valence-corrected chi connectivity index (χ0v) is 9.06. The minimum Gasteiger partial charge on any atom is -0.450 e. The van der Waals surface area contributed by atoms with Crippen LogP contribution in [-0.4, -0.2) is 19.2 Å². The number of carbonyl (C=O) groups is 2. The van der Waals surface area contributed by atoms with E-state index in [1.54, 1.807) is 18.2 Å². The number of benzene rings is 1. The van der Waals surface area contributed by atoms with Crippen LogP contribution in [0.15, 0.2) is 34.5 Å². The van der Waals surface area contributed by atoms with Gasteiger partial charge in [0.15, 0.2) is 0 Å². The van der Waals surface area contributed by atoms with Gasteiger partial charge in [-0.15, -0.1) is 0 Å². The molecular weight excluding hydrogens is 234 g/mol. The number of rotatable bonds is 1. The Hall–Kier alpha value is -1.95. The van der Waals surface area contributed by atoms with Crippen LogP contribution in [0.4, 0.5) is 15.3 Å². The zero-order valence-electron chi connectivity index (χ0n) is 8.31. The summed E-state index contributed by atoms with van der Waals surface area (Å²) in [5, 5.41) is 8.90. The molecule has 0 saturated heterocycles. The Kier molecular flexibility index (Phi) is 4.41. The van der Waals surface area contributed by atoms with Gasteiger partial charge in [0.05, 0.1) is 7.11 Å². The maximum Gasteiger partial charge on any atom is 0.452 e. The minimum absolute atomic E-state index is 0.460. The van der Waals surface area contributed by atoms with Crippen molar-refractivity contribution in [3.05, 3.63) is 29.3 Å². The lowest BCUT2D eigenvalue weighted by molar-refractivity contribution is 0.180. The molecule has 0 aliphatic carbocycles. The number of anilines is 1. The quantitative estimate of drug-likeness (QED) is 0.767. The van der Waals surface area contributed by atoms with Gasteiger partial charge >= 0.3 is 12.1 Å². The number of urea groups is 1. The largest absolute Gasteiger partial charge is 0.452 e. The second kappa shape index (κ2) is 5.82. The Morgan fingerprint density at radius 2 is 2.12 bits per heavy atom. The van der Waals surface area contributed by atoms with Crippen molar-refractivity contribution in [3.63, 3.8) is 0 Å². The van der Waals surface area contributed by atoms with Gasteiger partial charge in [-0.3, -0.25) is 0 Å². The second-order valence-corrected chi connectivity index (χ2v) is 3.05. The predicted molar refractivity (Wildman–Crippen MR) is 57.7 cm³/mol. The van der Waals surface area contributed by atoms with Crippen LogP contribution in [0.1, 0.15) is 0 Å². The van der Waals surface area contributed by atoms with E-state index in [1.807, 2.05) is 0 Å². The van der Waals surface area contributed by atoms with Crippen LogP contribution in [0.2, 0.25) is 5.02 Å². The number of carbonyl (C=O) groups excluding carboxylic acids is 2. The molecule has 1 aromatic carbocycles. The fourth-order valence-electron chi connectivity index (χ4n) is 0.842. The highest BCUT2D eigenvalue weighted by atomic mass is 35.5. The molecule has 6 nitrogen and oxygen atoms in total. The number of halogens is 1. The Bertz CT molecular complexity index is 434. The summed E-state index contributed by atoms with van der Waals surface area (Å²) >= 11 is 5.70. The molecule has 7 heteroatoms. The zero-order chi connectivity index (χ0) is 12.0. The highest BCUT2D eigenvalue weighted by molar-refractivity contribution is 6.30. The molecule has 0 spiro atoms. The molecule has 1 aromatic rings. The molecule has 16 heavy (non-hydrogen) atoms. The molecule has 0 radical (unpaired) electrons. The molecule has 0 aliphatic heterocycles. The summed E-state index contributed by atoms with van der Waals surface area (Å²) in [4.78, 5) is 21.7. The van der Waals surface area contributed by atoms with Gasteiger partial charge in [0.2, 0.25) is 0 Å². The van der Waals surface area contributed by atoms with Crippen molar-refractivity contribution in [2.45, 2.75) is 0 Å². The van der Waals surface area contributed by atoms with E-state index in [-0.39, 0.29) is 0 Å². The Morgan fingerprint density at radius 3 is 2.75 bits per heavy atom. The average Bonchev–Trinajstić information content (AvgIpc) is 2.26. The van der Waals surface area contributed by atoms with Gasteiger partial charge in [0, 0.05) is 10.7 Å². The summed E-state index contributed by atoms with van der Waals surface area (Å²) in [5.41, 5.74) is 0.460. The van der Waals surface area contributed by atoms with Gasteiger partial charge in [0.25, 0.3) is 0 Å². The summed E-state index contributed by atoms with van der Waals surface area (Å²) in [7, 11) is 1.14. The van der Waals surface area contributed by atoms with Gasteiger partial charge in [-0.2, -0.15) is 0 Å². The highest BCUT2D eigenvalue weighted by Crippen LogP contribution is 2.14. The lowest BCUT2D eigenvalue weighted by atomic mass is 10.3. The summed E-state index contributed by atoms with van der Waals surface area (Å²) in [6.07, 6.45) is -0.943. The number of ether oxygens (including phenoxy) is 1. The first kappa shape index (κ1) is 12.1. The molecule has 84 valence electrons. The number of hydrogen-bond donors (Lipinski definition) is 1. The van der Waals surface area contributed by atoms with Gasteiger partial charge < -0.3 is 10.1 Å².